The molecular formula is C13H17NO. The molecule has 2 rings (SSSR count). The van der Waals surface area contributed by atoms with E-state index in [0.29, 0.717) is 12.3 Å². The summed E-state index contributed by atoms with van der Waals surface area (Å²) < 4.78 is 0. The Morgan fingerprint density at radius 1 is 1.33 bits per heavy atom. The monoisotopic (exact) mass is 203 g/mol. The van der Waals surface area contributed by atoms with Gasteiger partial charge in [0, 0.05) is 13.0 Å². The lowest BCUT2D eigenvalue weighted by atomic mass is 9.92. The molecule has 1 aliphatic rings. The van der Waals surface area contributed by atoms with Gasteiger partial charge in [-0.3, -0.25) is 4.79 Å². The second kappa shape index (κ2) is 4.47. The molecule has 0 aromatic heterocycles. The highest BCUT2D eigenvalue weighted by Gasteiger charge is 2.17. The van der Waals surface area contributed by atoms with Gasteiger partial charge in [0.2, 0.25) is 5.91 Å². The number of rotatable bonds is 2. The van der Waals surface area contributed by atoms with Gasteiger partial charge in [-0.1, -0.05) is 29.8 Å². The molecular weight excluding hydrogens is 186 g/mol. The van der Waals surface area contributed by atoms with Crippen LogP contribution in [0.1, 0.15) is 24.0 Å². The van der Waals surface area contributed by atoms with Crippen molar-refractivity contribution in [3.8, 4) is 0 Å². The van der Waals surface area contributed by atoms with Gasteiger partial charge in [-0.25, -0.2) is 0 Å². The molecule has 0 saturated carbocycles. The fraction of sp³-hybridized carbons (Fsp3) is 0.462. The second-order valence-electron chi connectivity index (χ2n) is 4.40. The van der Waals surface area contributed by atoms with Gasteiger partial charge in [0.15, 0.2) is 0 Å². The lowest BCUT2D eigenvalue weighted by Crippen LogP contribution is -2.35. The minimum absolute atomic E-state index is 0.204. The molecule has 1 unspecified atom stereocenters. The summed E-state index contributed by atoms with van der Waals surface area (Å²) >= 11 is 0. The van der Waals surface area contributed by atoms with Crippen molar-refractivity contribution in [2.45, 2.75) is 26.2 Å². The van der Waals surface area contributed by atoms with Crippen LogP contribution in [-0.4, -0.2) is 12.5 Å². The molecule has 1 aliphatic heterocycles. The van der Waals surface area contributed by atoms with Crippen molar-refractivity contribution >= 4 is 5.91 Å². The zero-order valence-corrected chi connectivity index (χ0v) is 9.12. The third-order valence-electron chi connectivity index (χ3n) is 3.01. The van der Waals surface area contributed by atoms with E-state index in [4.69, 9.17) is 0 Å². The molecule has 15 heavy (non-hydrogen) atoms. The predicted octanol–water partition coefficient (Wildman–Crippen LogP) is 2.06. The number of piperidine rings is 1. The number of benzene rings is 1. The van der Waals surface area contributed by atoms with Gasteiger partial charge < -0.3 is 5.32 Å². The van der Waals surface area contributed by atoms with Crippen molar-refractivity contribution in [3.63, 3.8) is 0 Å². The maximum atomic E-state index is 11.0. The van der Waals surface area contributed by atoms with Crippen molar-refractivity contribution in [1.29, 1.82) is 0 Å². The highest BCUT2D eigenvalue weighted by atomic mass is 16.1. The number of carbonyl (C=O) groups excluding carboxylic acids is 1. The van der Waals surface area contributed by atoms with Gasteiger partial charge >= 0.3 is 0 Å². The largest absolute Gasteiger partial charge is 0.356 e. The summed E-state index contributed by atoms with van der Waals surface area (Å²) in [4.78, 5) is 11.0. The van der Waals surface area contributed by atoms with Gasteiger partial charge in [-0.05, 0) is 31.2 Å². The molecule has 1 fully saturated rings. The van der Waals surface area contributed by atoms with Gasteiger partial charge in [0.1, 0.15) is 0 Å². The number of hydrogen-bond donors (Lipinski definition) is 1. The van der Waals surface area contributed by atoms with Crippen LogP contribution in [0.4, 0.5) is 0 Å². The molecule has 0 aliphatic carbocycles. The SMILES string of the molecule is Cc1ccc(CC2CCC(=O)NC2)cc1. The van der Waals surface area contributed by atoms with Crippen molar-refractivity contribution in [2.75, 3.05) is 6.54 Å². The number of hydrogen-bond acceptors (Lipinski definition) is 1. The Morgan fingerprint density at radius 2 is 2.07 bits per heavy atom. The first kappa shape index (κ1) is 10.2. The van der Waals surface area contributed by atoms with Crippen LogP contribution in [0.25, 0.3) is 0 Å². The van der Waals surface area contributed by atoms with Crippen molar-refractivity contribution in [2.24, 2.45) is 5.92 Å². The fourth-order valence-corrected chi connectivity index (χ4v) is 2.02. The Bertz CT molecular complexity index is 332. The van der Waals surface area contributed by atoms with Gasteiger partial charge in [-0.2, -0.15) is 0 Å². The average Bonchev–Trinajstić information content (AvgIpc) is 2.25. The molecule has 0 spiro atoms. The third-order valence-corrected chi connectivity index (χ3v) is 3.01. The smallest absolute Gasteiger partial charge is 0.220 e. The summed E-state index contributed by atoms with van der Waals surface area (Å²) in [5.41, 5.74) is 2.68. The molecule has 80 valence electrons. The third kappa shape index (κ3) is 2.82. The molecule has 0 bridgehead atoms. The normalized spacial score (nSPS) is 21.1. The molecule has 1 saturated heterocycles. The summed E-state index contributed by atoms with van der Waals surface area (Å²) in [6.45, 7) is 2.94. The summed E-state index contributed by atoms with van der Waals surface area (Å²) in [7, 11) is 0. The van der Waals surface area contributed by atoms with Crippen molar-refractivity contribution in [1.82, 2.24) is 5.32 Å². The van der Waals surface area contributed by atoms with E-state index in [0.717, 1.165) is 19.4 Å². The van der Waals surface area contributed by atoms with Crippen LogP contribution in [0.3, 0.4) is 0 Å². The van der Waals surface area contributed by atoms with E-state index in [1.54, 1.807) is 0 Å². The number of aryl methyl sites for hydroxylation is 1. The van der Waals surface area contributed by atoms with Crippen molar-refractivity contribution in [3.05, 3.63) is 35.4 Å². The van der Waals surface area contributed by atoms with Crippen LogP contribution in [0.2, 0.25) is 0 Å². The standard InChI is InChI=1S/C13H17NO/c1-10-2-4-11(5-3-10)8-12-6-7-13(15)14-9-12/h2-5,12H,6-9H2,1H3,(H,14,15). The minimum Gasteiger partial charge on any atom is -0.356 e. The molecule has 2 heteroatoms. The first-order valence-corrected chi connectivity index (χ1v) is 5.56. The lowest BCUT2D eigenvalue weighted by Gasteiger charge is -2.22. The van der Waals surface area contributed by atoms with Crippen LogP contribution in [0.15, 0.2) is 24.3 Å². The van der Waals surface area contributed by atoms with E-state index in [2.05, 4.69) is 36.5 Å². The van der Waals surface area contributed by atoms with E-state index in [1.807, 2.05) is 0 Å². The Morgan fingerprint density at radius 3 is 2.67 bits per heavy atom. The number of carbonyl (C=O) groups is 1. The summed E-state index contributed by atoms with van der Waals surface area (Å²) in [5, 5.41) is 2.92. The van der Waals surface area contributed by atoms with E-state index >= 15 is 0 Å². The Labute approximate surface area is 90.7 Å². The van der Waals surface area contributed by atoms with Crippen LogP contribution < -0.4 is 5.32 Å². The summed E-state index contributed by atoms with van der Waals surface area (Å²) in [5.74, 6) is 0.820. The minimum atomic E-state index is 0.204. The van der Waals surface area contributed by atoms with Gasteiger partial charge in [0.05, 0.1) is 0 Å². The average molecular weight is 203 g/mol. The molecule has 1 atom stereocenters. The fourth-order valence-electron chi connectivity index (χ4n) is 2.02. The maximum Gasteiger partial charge on any atom is 0.220 e. The first-order valence-electron chi connectivity index (χ1n) is 5.56. The second-order valence-corrected chi connectivity index (χ2v) is 4.40. The molecule has 1 amide bonds. The summed E-state index contributed by atoms with van der Waals surface area (Å²) in [6.07, 6.45) is 2.80. The Kier molecular flexibility index (Phi) is 3.05. The van der Waals surface area contributed by atoms with Crippen LogP contribution in [-0.2, 0) is 11.2 Å². The quantitative estimate of drug-likeness (QED) is 0.783. The highest BCUT2D eigenvalue weighted by molar-refractivity contribution is 5.76. The van der Waals surface area contributed by atoms with E-state index < -0.39 is 0 Å². The van der Waals surface area contributed by atoms with Crippen LogP contribution in [0.5, 0.6) is 0 Å². The van der Waals surface area contributed by atoms with E-state index in [9.17, 15) is 4.79 Å². The van der Waals surface area contributed by atoms with Crippen LogP contribution >= 0.6 is 0 Å². The molecule has 1 aromatic carbocycles. The lowest BCUT2D eigenvalue weighted by molar-refractivity contribution is -0.122. The first-order chi connectivity index (χ1) is 7.24. The van der Waals surface area contributed by atoms with Gasteiger partial charge in [0.25, 0.3) is 0 Å². The zero-order chi connectivity index (χ0) is 10.7. The predicted molar refractivity (Wildman–Crippen MR) is 60.6 cm³/mol. The Hall–Kier alpha value is -1.31. The molecule has 1 heterocycles. The highest BCUT2D eigenvalue weighted by Crippen LogP contribution is 2.17. The van der Waals surface area contributed by atoms with Crippen molar-refractivity contribution < 1.29 is 4.79 Å². The van der Waals surface area contributed by atoms with E-state index in [1.165, 1.54) is 11.1 Å². The molecule has 0 radical (unpaired) electrons. The zero-order valence-electron chi connectivity index (χ0n) is 9.12. The topological polar surface area (TPSA) is 29.1 Å². The van der Waals surface area contributed by atoms with E-state index in [-0.39, 0.29) is 5.91 Å². The molecule has 1 N–H and O–H groups in total. The van der Waals surface area contributed by atoms with Gasteiger partial charge in [-0.15, -0.1) is 0 Å². The maximum absolute atomic E-state index is 11.0. The number of nitrogens with one attached hydrogen (secondary N) is 1. The summed E-state index contributed by atoms with van der Waals surface area (Å²) in [6, 6.07) is 8.67. The molecule has 1 aromatic rings. The van der Waals surface area contributed by atoms with Crippen LogP contribution in [0, 0.1) is 12.8 Å². The molecule has 2 nitrogen and oxygen atoms in total. The Balaban J connectivity index is 1.91. The number of amides is 1.